The molecule has 0 aliphatic carbocycles. The van der Waals surface area contributed by atoms with Gasteiger partial charge in [-0.3, -0.25) is 9.59 Å². The maximum absolute atomic E-state index is 13.0. The van der Waals surface area contributed by atoms with Crippen molar-refractivity contribution in [3.05, 3.63) is 65.5 Å². The maximum Gasteiger partial charge on any atom is 0.228 e. The van der Waals surface area contributed by atoms with E-state index in [2.05, 4.69) is 6.07 Å². The Hall–Kier alpha value is -2.69. The lowest BCUT2D eigenvalue weighted by Gasteiger charge is -2.30. The van der Waals surface area contributed by atoms with E-state index < -0.39 is 0 Å². The summed E-state index contributed by atoms with van der Waals surface area (Å²) in [6.45, 7) is 2.93. The van der Waals surface area contributed by atoms with E-state index in [4.69, 9.17) is 0 Å². The molecule has 0 atom stereocenters. The molecule has 1 heterocycles. The predicted molar refractivity (Wildman–Crippen MR) is 99.2 cm³/mol. The predicted octanol–water partition coefficient (Wildman–Crippen LogP) is 3.54. The highest BCUT2D eigenvalue weighted by Crippen LogP contribution is 2.27. The summed E-state index contributed by atoms with van der Waals surface area (Å²) in [7, 11) is 0. The summed E-state index contributed by atoms with van der Waals surface area (Å²) >= 11 is 0. The van der Waals surface area contributed by atoms with Crippen LogP contribution in [0.2, 0.25) is 0 Å². The number of hydrogen-bond acceptors (Lipinski definition) is 2. The van der Waals surface area contributed by atoms with Crippen molar-refractivity contribution < 1.29 is 14.0 Å². The standard InChI is InChI=1S/C21H23FN2O2/c1-16(25)23(15-17-8-10-19(22)11-9-17)14-12-21(26)24-13-4-6-18-5-2-3-7-20(18)24/h2-3,5,7-11H,4,6,12-15H2,1H3. The van der Waals surface area contributed by atoms with E-state index in [1.807, 2.05) is 23.1 Å². The zero-order valence-corrected chi connectivity index (χ0v) is 15.0. The van der Waals surface area contributed by atoms with Crippen molar-refractivity contribution in [2.75, 3.05) is 18.0 Å². The summed E-state index contributed by atoms with van der Waals surface area (Å²) in [5.41, 5.74) is 3.02. The first-order valence-electron chi connectivity index (χ1n) is 8.93. The topological polar surface area (TPSA) is 40.6 Å². The van der Waals surface area contributed by atoms with E-state index in [0.29, 0.717) is 19.6 Å². The van der Waals surface area contributed by atoms with E-state index in [0.717, 1.165) is 24.1 Å². The molecule has 1 aliphatic heterocycles. The smallest absolute Gasteiger partial charge is 0.228 e. The van der Waals surface area contributed by atoms with Gasteiger partial charge < -0.3 is 9.80 Å². The Balaban J connectivity index is 1.63. The van der Waals surface area contributed by atoms with Crippen LogP contribution in [-0.4, -0.2) is 29.8 Å². The highest BCUT2D eigenvalue weighted by molar-refractivity contribution is 5.94. The van der Waals surface area contributed by atoms with Gasteiger partial charge in [-0.2, -0.15) is 0 Å². The minimum atomic E-state index is -0.304. The number of fused-ring (bicyclic) bond motifs is 1. The molecule has 0 bridgehead atoms. The van der Waals surface area contributed by atoms with Crippen LogP contribution >= 0.6 is 0 Å². The normalized spacial score (nSPS) is 13.2. The third kappa shape index (κ3) is 4.28. The highest BCUT2D eigenvalue weighted by atomic mass is 19.1. The molecule has 5 heteroatoms. The minimum Gasteiger partial charge on any atom is -0.338 e. The lowest BCUT2D eigenvalue weighted by Crippen LogP contribution is -2.38. The number of benzene rings is 2. The van der Waals surface area contributed by atoms with Gasteiger partial charge in [0, 0.05) is 38.7 Å². The van der Waals surface area contributed by atoms with Crippen molar-refractivity contribution in [2.45, 2.75) is 32.7 Å². The van der Waals surface area contributed by atoms with Crippen LogP contribution in [0.4, 0.5) is 10.1 Å². The first-order valence-corrected chi connectivity index (χ1v) is 8.93. The first-order chi connectivity index (χ1) is 12.5. The van der Waals surface area contributed by atoms with Crippen molar-refractivity contribution in [3.63, 3.8) is 0 Å². The van der Waals surface area contributed by atoms with Crippen molar-refractivity contribution >= 4 is 17.5 Å². The molecule has 3 rings (SSSR count). The van der Waals surface area contributed by atoms with E-state index in [1.165, 1.54) is 24.6 Å². The van der Waals surface area contributed by atoms with Crippen LogP contribution < -0.4 is 4.90 Å². The fraction of sp³-hybridized carbons (Fsp3) is 0.333. The number of aryl methyl sites for hydroxylation is 1. The summed E-state index contributed by atoms with van der Waals surface area (Å²) in [6, 6.07) is 14.1. The van der Waals surface area contributed by atoms with E-state index in [-0.39, 0.29) is 24.1 Å². The van der Waals surface area contributed by atoms with Crippen LogP contribution in [0.25, 0.3) is 0 Å². The molecule has 2 aromatic carbocycles. The minimum absolute atomic E-state index is 0.0301. The van der Waals surface area contributed by atoms with Crippen LogP contribution in [0.1, 0.15) is 30.9 Å². The number of amides is 2. The maximum atomic E-state index is 13.0. The third-order valence-corrected chi connectivity index (χ3v) is 4.74. The van der Waals surface area contributed by atoms with Crippen molar-refractivity contribution in [2.24, 2.45) is 0 Å². The molecule has 136 valence electrons. The summed E-state index contributed by atoms with van der Waals surface area (Å²) in [5, 5.41) is 0. The van der Waals surface area contributed by atoms with E-state index >= 15 is 0 Å². The van der Waals surface area contributed by atoms with Gasteiger partial charge in [-0.05, 0) is 42.2 Å². The Morgan fingerprint density at radius 1 is 1.12 bits per heavy atom. The second kappa shape index (κ2) is 8.13. The second-order valence-electron chi connectivity index (χ2n) is 6.59. The highest BCUT2D eigenvalue weighted by Gasteiger charge is 2.22. The summed E-state index contributed by atoms with van der Waals surface area (Å²) < 4.78 is 13.0. The SMILES string of the molecule is CC(=O)N(CCC(=O)N1CCCc2ccccc21)Cc1ccc(F)cc1. The van der Waals surface area contributed by atoms with Gasteiger partial charge in [0.15, 0.2) is 0 Å². The molecule has 0 saturated carbocycles. The van der Waals surface area contributed by atoms with Gasteiger partial charge >= 0.3 is 0 Å². The molecule has 0 spiro atoms. The second-order valence-corrected chi connectivity index (χ2v) is 6.59. The third-order valence-electron chi connectivity index (χ3n) is 4.74. The Morgan fingerprint density at radius 2 is 1.85 bits per heavy atom. The zero-order chi connectivity index (χ0) is 18.5. The van der Waals surface area contributed by atoms with Crippen LogP contribution in [0.15, 0.2) is 48.5 Å². The molecule has 1 aliphatic rings. The van der Waals surface area contributed by atoms with Crippen LogP contribution in [0.5, 0.6) is 0 Å². The quantitative estimate of drug-likeness (QED) is 0.824. The van der Waals surface area contributed by atoms with E-state index in [1.54, 1.807) is 17.0 Å². The van der Waals surface area contributed by atoms with Gasteiger partial charge in [-0.25, -0.2) is 4.39 Å². The molecule has 0 saturated heterocycles. The molecule has 0 N–H and O–H groups in total. The fourth-order valence-electron chi connectivity index (χ4n) is 3.32. The largest absolute Gasteiger partial charge is 0.338 e. The molecular weight excluding hydrogens is 331 g/mol. The molecule has 2 amide bonds. The Bertz CT molecular complexity index is 789. The number of rotatable bonds is 5. The number of carbonyl (C=O) groups excluding carboxylic acids is 2. The fourth-order valence-corrected chi connectivity index (χ4v) is 3.32. The molecule has 4 nitrogen and oxygen atoms in total. The average Bonchev–Trinajstić information content (AvgIpc) is 2.65. The molecule has 26 heavy (non-hydrogen) atoms. The Labute approximate surface area is 153 Å². The van der Waals surface area contributed by atoms with Gasteiger partial charge in [0.2, 0.25) is 11.8 Å². The summed E-state index contributed by atoms with van der Waals surface area (Å²) in [4.78, 5) is 28.1. The molecular formula is C21H23FN2O2. The van der Waals surface area contributed by atoms with Crippen LogP contribution in [0, 0.1) is 5.82 Å². The average molecular weight is 354 g/mol. The number of para-hydroxylation sites is 1. The number of carbonyl (C=O) groups is 2. The Morgan fingerprint density at radius 3 is 2.58 bits per heavy atom. The van der Waals surface area contributed by atoms with Gasteiger partial charge in [-0.15, -0.1) is 0 Å². The van der Waals surface area contributed by atoms with Crippen molar-refractivity contribution in [1.82, 2.24) is 4.90 Å². The van der Waals surface area contributed by atoms with Gasteiger partial charge in [0.05, 0.1) is 0 Å². The number of halogens is 1. The number of anilines is 1. The van der Waals surface area contributed by atoms with Gasteiger partial charge in [0.25, 0.3) is 0 Å². The van der Waals surface area contributed by atoms with Gasteiger partial charge in [-0.1, -0.05) is 30.3 Å². The lowest BCUT2D eigenvalue weighted by molar-refractivity contribution is -0.130. The van der Waals surface area contributed by atoms with Crippen molar-refractivity contribution in [1.29, 1.82) is 0 Å². The summed E-state index contributed by atoms with van der Waals surface area (Å²) in [6.07, 6.45) is 2.22. The molecule has 0 unspecified atom stereocenters. The summed E-state index contributed by atoms with van der Waals surface area (Å²) in [5.74, 6) is -0.370. The lowest BCUT2D eigenvalue weighted by atomic mass is 10.0. The molecule has 0 radical (unpaired) electrons. The molecule has 0 fully saturated rings. The van der Waals surface area contributed by atoms with Crippen LogP contribution in [-0.2, 0) is 22.6 Å². The van der Waals surface area contributed by atoms with Crippen molar-refractivity contribution in [3.8, 4) is 0 Å². The number of hydrogen-bond donors (Lipinski definition) is 0. The van der Waals surface area contributed by atoms with Crippen LogP contribution in [0.3, 0.4) is 0 Å². The van der Waals surface area contributed by atoms with E-state index in [9.17, 15) is 14.0 Å². The zero-order valence-electron chi connectivity index (χ0n) is 15.0. The van der Waals surface area contributed by atoms with Gasteiger partial charge in [0.1, 0.15) is 5.82 Å². The first kappa shape index (κ1) is 18.1. The molecule has 0 aromatic heterocycles. The Kier molecular flexibility index (Phi) is 5.66. The number of nitrogens with zero attached hydrogens (tertiary/aromatic N) is 2. The monoisotopic (exact) mass is 354 g/mol. The molecule has 2 aromatic rings.